The number of benzene rings is 2. The molecular weight excluding hydrogens is 358 g/mol. The van der Waals surface area contributed by atoms with Crippen LogP contribution in [-0.4, -0.2) is 24.8 Å². The van der Waals surface area contributed by atoms with Gasteiger partial charge >= 0.3 is 6.09 Å². The summed E-state index contributed by atoms with van der Waals surface area (Å²) in [5.74, 6) is 0.555. The Labute approximate surface area is 164 Å². The van der Waals surface area contributed by atoms with Crippen molar-refractivity contribution in [2.75, 3.05) is 7.11 Å². The molecule has 0 saturated heterocycles. The summed E-state index contributed by atoms with van der Waals surface area (Å²) in [5.41, 5.74) is 4.60. The molecule has 2 aromatic carbocycles. The molecule has 0 saturated carbocycles. The number of hydrogen-bond donors (Lipinski definition) is 2. The largest absolute Gasteiger partial charge is 0.497 e. The van der Waals surface area contributed by atoms with Crippen molar-refractivity contribution in [1.82, 2.24) is 10.7 Å². The van der Waals surface area contributed by atoms with Gasteiger partial charge in [0.2, 0.25) is 5.91 Å². The zero-order chi connectivity index (χ0) is 20.4. The average molecular weight is 383 g/mol. The van der Waals surface area contributed by atoms with Crippen molar-refractivity contribution in [3.05, 3.63) is 65.7 Å². The smallest absolute Gasteiger partial charge is 0.428 e. The topological polar surface area (TPSA) is 89.0 Å². The SMILES string of the molecule is COc1ccc(COC(=O)N/N=C(/C)CC(=O)N[C@@H](C)c2ccccc2)cc1. The molecule has 148 valence electrons. The number of hydrazone groups is 1. The fourth-order valence-electron chi connectivity index (χ4n) is 2.43. The summed E-state index contributed by atoms with van der Waals surface area (Å²) in [4.78, 5) is 23.8. The van der Waals surface area contributed by atoms with Gasteiger partial charge in [0.1, 0.15) is 12.4 Å². The number of ether oxygens (including phenoxy) is 2. The van der Waals surface area contributed by atoms with Crippen LogP contribution in [-0.2, 0) is 16.1 Å². The standard InChI is InChI=1S/C21H25N3O4/c1-15(13-20(25)22-16(2)18-7-5-4-6-8-18)23-24-21(26)28-14-17-9-11-19(27-3)12-10-17/h4-12,16H,13-14H2,1-3H3,(H,22,25)(H,24,26)/b23-15-/t16-/m0/s1. The number of nitrogens with one attached hydrogen (secondary N) is 2. The lowest BCUT2D eigenvalue weighted by Gasteiger charge is -2.14. The average Bonchev–Trinajstić information content (AvgIpc) is 2.71. The Morgan fingerprint density at radius 3 is 2.39 bits per heavy atom. The maximum atomic E-state index is 12.1. The van der Waals surface area contributed by atoms with Gasteiger partial charge in [-0.15, -0.1) is 0 Å². The third-order valence-corrected chi connectivity index (χ3v) is 3.96. The van der Waals surface area contributed by atoms with Gasteiger partial charge in [0, 0.05) is 5.71 Å². The van der Waals surface area contributed by atoms with E-state index < -0.39 is 6.09 Å². The van der Waals surface area contributed by atoms with E-state index in [0.29, 0.717) is 5.71 Å². The Hall–Kier alpha value is -3.35. The highest BCUT2D eigenvalue weighted by atomic mass is 16.6. The van der Waals surface area contributed by atoms with E-state index in [2.05, 4.69) is 15.8 Å². The second-order valence-corrected chi connectivity index (χ2v) is 6.26. The first kappa shape index (κ1) is 21.0. The van der Waals surface area contributed by atoms with Crippen molar-refractivity contribution < 1.29 is 19.1 Å². The van der Waals surface area contributed by atoms with Gasteiger partial charge in [-0.1, -0.05) is 42.5 Å². The molecule has 0 unspecified atom stereocenters. The predicted molar refractivity (Wildman–Crippen MR) is 107 cm³/mol. The summed E-state index contributed by atoms with van der Waals surface area (Å²) in [5, 5.41) is 6.79. The normalized spacial score (nSPS) is 12.0. The highest BCUT2D eigenvalue weighted by Gasteiger charge is 2.10. The van der Waals surface area contributed by atoms with Crippen LogP contribution in [0.5, 0.6) is 5.75 Å². The summed E-state index contributed by atoms with van der Waals surface area (Å²) in [6, 6.07) is 16.7. The summed E-state index contributed by atoms with van der Waals surface area (Å²) >= 11 is 0. The van der Waals surface area contributed by atoms with Crippen molar-refractivity contribution >= 4 is 17.7 Å². The highest BCUT2D eigenvalue weighted by molar-refractivity contribution is 6.00. The minimum atomic E-state index is -0.687. The van der Waals surface area contributed by atoms with E-state index in [4.69, 9.17) is 9.47 Å². The van der Waals surface area contributed by atoms with Crippen molar-refractivity contribution in [2.45, 2.75) is 32.9 Å². The van der Waals surface area contributed by atoms with Crippen LogP contribution in [0.2, 0.25) is 0 Å². The van der Waals surface area contributed by atoms with Gasteiger partial charge in [-0.25, -0.2) is 10.2 Å². The van der Waals surface area contributed by atoms with Gasteiger partial charge in [0.15, 0.2) is 0 Å². The number of amides is 2. The molecule has 0 aromatic heterocycles. The molecule has 2 amide bonds. The highest BCUT2D eigenvalue weighted by Crippen LogP contribution is 2.12. The molecule has 0 bridgehead atoms. The Balaban J connectivity index is 1.73. The third kappa shape index (κ3) is 7.11. The van der Waals surface area contributed by atoms with E-state index in [0.717, 1.165) is 16.9 Å². The summed E-state index contributed by atoms with van der Waals surface area (Å²) < 4.78 is 10.2. The molecule has 7 nitrogen and oxygen atoms in total. The lowest BCUT2D eigenvalue weighted by Crippen LogP contribution is -2.29. The molecule has 2 rings (SSSR count). The van der Waals surface area contributed by atoms with Gasteiger partial charge in [-0.05, 0) is 37.1 Å². The summed E-state index contributed by atoms with van der Waals surface area (Å²) in [6.45, 7) is 3.69. The van der Waals surface area contributed by atoms with Gasteiger partial charge in [0.05, 0.1) is 19.6 Å². The quantitative estimate of drug-likeness (QED) is 0.539. The van der Waals surface area contributed by atoms with E-state index >= 15 is 0 Å². The van der Waals surface area contributed by atoms with Crippen LogP contribution in [0.1, 0.15) is 37.4 Å². The van der Waals surface area contributed by atoms with Gasteiger partial charge in [0.25, 0.3) is 0 Å². The monoisotopic (exact) mass is 383 g/mol. The fraction of sp³-hybridized carbons (Fsp3) is 0.286. The third-order valence-electron chi connectivity index (χ3n) is 3.96. The van der Waals surface area contributed by atoms with E-state index in [1.807, 2.05) is 37.3 Å². The Bertz CT molecular complexity index is 804. The molecule has 0 aliphatic heterocycles. The van der Waals surface area contributed by atoms with E-state index in [1.165, 1.54) is 0 Å². The Morgan fingerprint density at radius 1 is 1.07 bits per heavy atom. The molecule has 0 fully saturated rings. The predicted octanol–water partition coefficient (Wildman–Crippen LogP) is 3.56. The van der Waals surface area contributed by atoms with Crippen molar-refractivity contribution in [3.8, 4) is 5.75 Å². The summed E-state index contributed by atoms with van der Waals surface area (Å²) in [6.07, 6.45) is -0.608. The van der Waals surface area contributed by atoms with Crippen LogP contribution >= 0.6 is 0 Å². The molecule has 1 atom stereocenters. The first-order valence-corrected chi connectivity index (χ1v) is 8.91. The number of nitrogens with zero attached hydrogens (tertiary/aromatic N) is 1. The second-order valence-electron chi connectivity index (χ2n) is 6.26. The van der Waals surface area contributed by atoms with Crippen LogP contribution in [0.3, 0.4) is 0 Å². The number of carbonyl (C=O) groups is 2. The fourth-order valence-corrected chi connectivity index (χ4v) is 2.43. The Morgan fingerprint density at radius 2 is 1.75 bits per heavy atom. The van der Waals surface area contributed by atoms with Crippen LogP contribution in [0.15, 0.2) is 59.7 Å². The van der Waals surface area contributed by atoms with E-state index in [1.54, 1.807) is 38.3 Å². The minimum Gasteiger partial charge on any atom is -0.497 e. The number of hydrogen-bond acceptors (Lipinski definition) is 5. The van der Waals surface area contributed by atoms with E-state index in [9.17, 15) is 9.59 Å². The van der Waals surface area contributed by atoms with E-state index in [-0.39, 0.29) is 25.0 Å². The molecule has 0 spiro atoms. The zero-order valence-electron chi connectivity index (χ0n) is 16.3. The minimum absolute atomic E-state index is 0.0793. The first-order valence-electron chi connectivity index (χ1n) is 8.91. The Kier molecular flexibility index (Phi) is 8.02. The molecule has 7 heteroatoms. The van der Waals surface area contributed by atoms with Crippen molar-refractivity contribution in [3.63, 3.8) is 0 Å². The second kappa shape index (κ2) is 10.7. The molecule has 0 aliphatic rings. The molecular formula is C21H25N3O4. The molecule has 0 heterocycles. The van der Waals surface area contributed by atoms with Crippen molar-refractivity contribution in [2.24, 2.45) is 5.10 Å². The lowest BCUT2D eigenvalue weighted by molar-refractivity contribution is -0.120. The van der Waals surface area contributed by atoms with Gasteiger partial charge in [-0.2, -0.15) is 5.10 Å². The van der Waals surface area contributed by atoms with Crippen molar-refractivity contribution in [1.29, 1.82) is 0 Å². The number of methoxy groups -OCH3 is 1. The molecule has 0 radical (unpaired) electrons. The maximum absolute atomic E-state index is 12.1. The molecule has 2 aromatic rings. The summed E-state index contributed by atoms with van der Waals surface area (Å²) in [7, 11) is 1.59. The zero-order valence-corrected chi connectivity index (χ0v) is 16.3. The van der Waals surface area contributed by atoms with Crippen LogP contribution in [0.4, 0.5) is 4.79 Å². The lowest BCUT2D eigenvalue weighted by atomic mass is 10.1. The molecule has 28 heavy (non-hydrogen) atoms. The van der Waals surface area contributed by atoms with Crippen LogP contribution in [0.25, 0.3) is 0 Å². The number of carbonyl (C=O) groups excluding carboxylic acids is 2. The van der Waals surface area contributed by atoms with Gasteiger partial charge < -0.3 is 14.8 Å². The van der Waals surface area contributed by atoms with Crippen LogP contribution in [0, 0.1) is 0 Å². The molecule has 2 N–H and O–H groups in total. The maximum Gasteiger partial charge on any atom is 0.428 e. The van der Waals surface area contributed by atoms with Gasteiger partial charge in [-0.3, -0.25) is 4.79 Å². The van der Waals surface area contributed by atoms with Crippen LogP contribution < -0.4 is 15.5 Å². The molecule has 0 aliphatic carbocycles. The first-order chi connectivity index (χ1) is 13.5. The number of rotatable bonds is 8.